The molecule has 0 bridgehead atoms. The van der Waals surface area contributed by atoms with E-state index < -0.39 is 5.60 Å². The van der Waals surface area contributed by atoms with E-state index >= 15 is 0 Å². The third kappa shape index (κ3) is 8.82. The molecule has 1 unspecified atom stereocenters. The van der Waals surface area contributed by atoms with E-state index in [4.69, 9.17) is 9.47 Å². The number of rotatable bonds is 8. The quantitative estimate of drug-likeness (QED) is 0.452. The Hall–Kier alpha value is -2.57. The molecule has 2 aliphatic heterocycles. The van der Waals surface area contributed by atoms with Crippen LogP contribution in [0.2, 0.25) is 0 Å². The summed E-state index contributed by atoms with van der Waals surface area (Å²) in [6, 6.07) is 8.49. The topological polar surface area (TPSA) is 76.2 Å². The smallest absolute Gasteiger partial charge is 0.410 e. The zero-order valence-corrected chi connectivity index (χ0v) is 22.6. The first-order valence-corrected chi connectivity index (χ1v) is 13.6. The van der Waals surface area contributed by atoms with Gasteiger partial charge in [-0.1, -0.05) is 24.3 Å². The van der Waals surface area contributed by atoms with Crippen LogP contribution in [0.15, 0.2) is 24.3 Å². The predicted octanol–water partition coefficient (Wildman–Crippen LogP) is 5.32. The van der Waals surface area contributed by atoms with Gasteiger partial charge >= 0.3 is 12.1 Å². The number of carbonyl (C=O) groups is 3. The number of esters is 1. The lowest BCUT2D eigenvalue weighted by molar-refractivity contribution is -0.143. The van der Waals surface area contributed by atoms with Gasteiger partial charge in [0.15, 0.2) is 0 Å². The molecule has 1 aromatic rings. The van der Waals surface area contributed by atoms with Crippen molar-refractivity contribution in [3.63, 3.8) is 0 Å². The van der Waals surface area contributed by atoms with E-state index in [2.05, 4.69) is 24.3 Å². The molecule has 1 aromatic carbocycles. The van der Waals surface area contributed by atoms with E-state index in [1.165, 1.54) is 5.56 Å². The minimum absolute atomic E-state index is 0.156. The molecule has 0 aliphatic carbocycles. The van der Waals surface area contributed by atoms with Crippen molar-refractivity contribution in [3.05, 3.63) is 35.4 Å². The minimum Gasteiger partial charge on any atom is -0.466 e. The van der Waals surface area contributed by atoms with Crippen LogP contribution in [-0.2, 0) is 25.5 Å². The highest BCUT2D eigenvalue weighted by atomic mass is 16.6. The van der Waals surface area contributed by atoms with E-state index in [1.54, 1.807) is 4.90 Å². The van der Waals surface area contributed by atoms with Gasteiger partial charge in [0.05, 0.1) is 6.61 Å². The SMILES string of the molecule is CCOC(=O)CCc1ccc(C2CCCN(C(=O)CCC3CCN(C(=O)OC(C)(C)C)CC3)C2)cc1. The first-order chi connectivity index (χ1) is 17.1. The van der Waals surface area contributed by atoms with Gasteiger partial charge in [-0.05, 0) is 83.3 Å². The van der Waals surface area contributed by atoms with Gasteiger partial charge in [0.2, 0.25) is 5.91 Å². The van der Waals surface area contributed by atoms with Crippen LogP contribution in [0.5, 0.6) is 0 Å². The molecule has 2 amide bonds. The summed E-state index contributed by atoms with van der Waals surface area (Å²) in [7, 11) is 0. The average Bonchev–Trinajstić information content (AvgIpc) is 2.86. The van der Waals surface area contributed by atoms with Gasteiger partial charge in [-0.2, -0.15) is 0 Å². The molecular formula is C29H44N2O5. The number of amides is 2. The molecule has 0 radical (unpaired) electrons. The van der Waals surface area contributed by atoms with Crippen LogP contribution >= 0.6 is 0 Å². The van der Waals surface area contributed by atoms with Gasteiger partial charge in [0.25, 0.3) is 0 Å². The highest BCUT2D eigenvalue weighted by Gasteiger charge is 2.29. The van der Waals surface area contributed by atoms with Crippen molar-refractivity contribution in [2.24, 2.45) is 5.92 Å². The van der Waals surface area contributed by atoms with Crippen molar-refractivity contribution in [2.75, 3.05) is 32.8 Å². The average molecular weight is 501 g/mol. The van der Waals surface area contributed by atoms with Crippen LogP contribution in [0, 0.1) is 5.92 Å². The summed E-state index contributed by atoms with van der Waals surface area (Å²) >= 11 is 0. The lowest BCUT2D eigenvalue weighted by Gasteiger charge is -2.35. The maximum Gasteiger partial charge on any atom is 0.410 e. The first kappa shape index (κ1) is 28.0. The molecule has 2 saturated heterocycles. The molecule has 0 N–H and O–H groups in total. The summed E-state index contributed by atoms with van der Waals surface area (Å²) in [4.78, 5) is 40.7. The minimum atomic E-state index is -0.473. The van der Waals surface area contributed by atoms with Crippen molar-refractivity contribution >= 4 is 18.0 Å². The standard InChI is InChI=1S/C29H44N2O5/c1-5-35-27(33)15-11-22-8-12-24(13-9-22)25-7-6-18-31(21-25)26(32)14-10-23-16-19-30(20-17-23)28(34)36-29(2,3)4/h8-9,12-13,23,25H,5-7,10-11,14-21H2,1-4H3. The second kappa shape index (κ2) is 13.1. The van der Waals surface area contributed by atoms with Crippen molar-refractivity contribution in [1.82, 2.24) is 9.80 Å². The van der Waals surface area contributed by atoms with Crippen LogP contribution in [0.25, 0.3) is 0 Å². The number of aryl methyl sites for hydroxylation is 1. The zero-order valence-electron chi connectivity index (χ0n) is 22.6. The van der Waals surface area contributed by atoms with Crippen molar-refractivity contribution in [1.29, 1.82) is 0 Å². The third-order valence-electron chi connectivity index (χ3n) is 7.18. The number of ether oxygens (including phenoxy) is 2. The van der Waals surface area contributed by atoms with Crippen LogP contribution in [0.1, 0.15) is 89.7 Å². The first-order valence-electron chi connectivity index (χ1n) is 13.6. The van der Waals surface area contributed by atoms with Crippen LogP contribution < -0.4 is 0 Å². The molecule has 36 heavy (non-hydrogen) atoms. The molecular weight excluding hydrogens is 456 g/mol. The molecule has 7 nitrogen and oxygen atoms in total. The Morgan fingerprint density at radius 1 is 0.944 bits per heavy atom. The van der Waals surface area contributed by atoms with E-state index in [-0.39, 0.29) is 18.0 Å². The summed E-state index contributed by atoms with van der Waals surface area (Å²) < 4.78 is 10.5. The Bertz CT molecular complexity index is 869. The maximum absolute atomic E-state index is 13.0. The number of carbonyl (C=O) groups excluding carboxylic acids is 3. The maximum atomic E-state index is 13.0. The number of piperidine rings is 2. The number of benzene rings is 1. The molecule has 2 fully saturated rings. The number of hydrogen-bond donors (Lipinski definition) is 0. The van der Waals surface area contributed by atoms with Crippen LogP contribution in [0.4, 0.5) is 4.79 Å². The third-order valence-corrected chi connectivity index (χ3v) is 7.18. The fourth-order valence-corrected chi connectivity index (χ4v) is 5.13. The lowest BCUT2D eigenvalue weighted by atomic mass is 9.89. The Morgan fingerprint density at radius 2 is 1.64 bits per heavy atom. The molecule has 7 heteroatoms. The molecule has 0 aromatic heterocycles. The lowest BCUT2D eigenvalue weighted by Crippen LogP contribution is -2.42. The molecule has 200 valence electrons. The van der Waals surface area contributed by atoms with Gasteiger partial charge in [-0.3, -0.25) is 9.59 Å². The normalized spacial score (nSPS) is 19.2. The molecule has 1 atom stereocenters. The van der Waals surface area contributed by atoms with Gasteiger partial charge in [-0.15, -0.1) is 0 Å². The van der Waals surface area contributed by atoms with Gasteiger partial charge in [0, 0.05) is 44.9 Å². The fraction of sp³-hybridized carbons (Fsp3) is 0.690. The number of nitrogens with zero attached hydrogens (tertiary/aromatic N) is 2. The predicted molar refractivity (Wildman–Crippen MR) is 140 cm³/mol. The van der Waals surface area contributed by atoms with Gasteiger partial charge < -0.3 is 19.3 Å². The second-order valence-corrected chi connectivity index (χ2v) is 11.2. The van der Waals surface area contributed by atoms with Crippen LogP contribution in [0.3, 0.4) is 0 Å². The molecule has 0 spiro atoms. The van der Waals surface area contributed by atoms with Gasteiger partial charge in [-0.25, -0.2) is 4.79 Å². The summed E-state index contributed by atoms with van der Waals surface area (Å²) in [5, 5.41) is 0. The van der Waals surface area contributed by atoms with Gasteiger partial charge in [0.1, 0.15) is 5.60 Å². The summed E-state index contributed by atoms with van der Waals surface area (Å²) in [6.45, 7) is 10.9. The molecule has 2 aliphatic rings. The Balaban J connectivity index is 1.41. The molecule has 2 heterocycles. The highest BCUT2D eigenvalue weighted by Crippen LogP contribution is 2.29. The monoisotopic (exact) mass is 500 g/mol. The zero-order chi connectivity index (χ0) is 26.1. The molecule has 3 rings (SSSR count). The number of likely N-dealkylation sites (tertiary alicyclic amines) is 2. The Labute approximate surface area is 216 Å². The van der Waals surface area contributed by atoms with E-state index in [0.717, 1.165) is 50.8 Å². The molecule has 0 saturated carbocycles. The Morgan fingerprint density at radius 3 is 2.28 bits per heavy atom. The van der Waals surface area contributed by atoms with E-state index in [1.807, 2.05) is 32.6 Å². The largest absolute Gasteiger partial charge is 0.466 e. The van der Waals surface area contributed by atoms with Crippen molar-refractivity contribution in [2.45, 2.75) is 90.6 Å². The van der Waals surface area contributed by atoms with E-state index in [0.29, 0.717) is 50.8 Å². The second-order valence-electron chi connectivity index (χ2n) is 11.2. The Kier molecular flexibility index (Phi) is 10.2. The summed E-state index contributed by atoms with van der Waals surface area (Å²) in [6.07, 6.45) is 6.29. The van der Waals surface area contributed by atoms with Crippen molar-refractivity contribution in [3.8, 4) is 0 Å². The highest BCUT2D eigenvalue weighted by molar-refractivity contribution is 5.76. The van der Waals surface area contributed by atoms with Crippen LogP contribution in [-0.4, -0.2) is 66.2 Å². The van der Waals surface area contributed by atoms with E-state index in [9.17, 15) is 14.4 Å². The number of hydrogen-bond acceptors (Lipinski definition) is 5. The fourth-order valence-electron chi connectivity index (χ4n) is 5.13. The van der Waals surface area contributed by atoms with Crippen molar-refractivity contribution < 1.29 is 23.9 Å². The summed E-state index contributed by atoms with van der Waals surface area (Å²) in [5.74, 6) is 0.936. The summed E-state index contributed by atoms with van der Waals surface area (Å²) in [5.41, 5.74) is 1.92.